The van der Waals surface area contributed by atoms with Gasteiger partial charge in [-0.3, -0.25) is 0 Å². The zero-order chi connectivity index (χ0) is 8.16. The van der Waals surface area contributed by atoms with Gasteiger partial charge in [-0.25, -0.2) is 0 Å². The summed E-state index contributed by atoms with van der Waals surface area (Å²) in [6.07, 6.45) is 8.54. The Morgan fingerprint density at radius 2 is 2.27 bits per heavy atom. The van der Waals surface area contributed by atoms with E-state index in [1.165, 1.54) is 32.2 Å². The fourth-order valence-corrected chi connectivity index (χ4v) is 1.79. The molecule has 1 atom stereocenters. The summed E-state index contributed by atoms with van der Waals surface area (Å²) in [6.45, 7) is 7.28. The van der Waals surface area contributed by atoms with E-state index in [1.807, 2.05) is 6.08 Å². The van der Waals surface area contributed by atoms with Crippen LogP contribution in [0.15, 0.2) is 12.7 Å². The maximum atomic E-state index is 3.79. The van der Waals surface area contributed by atoms with E-state index in [4.69, 9.17) is 0 Å². The Hall–Kier alpha value is -0.300. The van der Waals surface area contributed by atoms with Gasteiger partial charge in [0.2, 0.25) is 0 Å². The van der Waals surface area contributed by atoms with Gasteiger partial charge in [0.25, 0.3) is 0 Å². The molecule has 0 saturated carbocycles. The molecule has 1 fully saturated rings. The van der Waals surface area contributed by atoms with Crippen LogP contribution in [0.2, 0.25) is 0 Å². The molecule has 1 aliphatic heterocycles. The lowest BCUT2D eigenvalue weighted by Gasteiger charge is -2.27. The highest BCUT2D eigenvalue weighted by Gasteiger charge is 2.22. The molecule has 1 nitrogen and oxygen atoms in total. The molecular formula is C10H19N. The highest BCUT2D eigenvalue weighted by molar-refractivity contribution is 4.91. The molecule has 1 aliphatic rings. The predicted octanol–water partition coefficient (Wildman–Crippen LogP) is 2.48. The van der Waals surface area contributed by atoms with Crippen LogP contribution in [0.1, 0.15) is 39.0 Å². The molecule has 0 aromatic carbocycles. The largest absolute Gasteiger partial charge is 0.311 e. The first-order chi connectivity index (χ1) is 5.27. The van der Waals surface area contributed by atoms with E-state index >= 15 is 0 Å². The van der Waals surface area contributed by atoms with E-state index in [2.05, 4.69) is 18.8 Å². The maximum Gasteiger partial charge on any atom is 0.0187 e. The van der Waals surface area contributed by atoms with Gasteiger partial charge in [0, 0.05) is 5.54 Å². The summed E-state index contributed by atoms with van der Waals surface area (Å²) in [7, 11) is 0. The van der Waals surface area contributed by atoms with Crippen molar-refractivity contribution in [2.45, 2.75) is 44.6 Å². The van der Waals surface area contributed by atoms with Gasteiger partial charge in [-0.15, -0.1) is 6.58 Å². The Bertz CT molecular complexity index is 121. The monoisotopic (exact) mass is 153 g/mol. The minimum Gasteiger partial charge on any atom is -0.311 e. The van der Waals surface area contributed by atoms with Crippen LogP contribution in [0.25, 0.3) is 0 Å². The van der Waals surface area contributed by atoms with Gasteiger partial charge in [-0.05, 0) is 32.7 Å². The summed E-state index contributed by atoms with van der Waals surface area (Å²) >= 11 is 0. The summed E-state index contributed by atoms with van der Waals surface area (Å²) in [4.78, 5) is 0. The third-order valence-electron chi connectivity index (χ3n) is 2.55. The lowest BCUT2D eigenvalue weighted by atomic mass is 9.92. The second-order valence-corrected chi connectivity index (χ2v) is 3.79. The minimum atomic E-state index is 0.345. The van der Waals surface area contributed by atoms with Gasteiger partial charge in [-0.1, -0.05) is 18.9 Å². The first kappa shape index (κ1) is 8.79. The molecule has 0 aliphatic carbocycles. The van der Waals surface area contributed by atoms with Gasteiger partial charge in [0.15, 0.2) is 0 Å². The van der Waals surface area contributed by atoms with E-state index in [0.717, 1.165) is 6.42 Å². The number of rotatable bonds is 2. The molecule has 1 heteroatoms. The second-order valence-electron chi connectivity index (χ2n) is 3.79. The van der Waals surface area contributed by atoms with Crippen LogP contribution in [0.4, 0.5) is 0 Å². The molecule has 0 bridgehead atoms. The molecule has 0 unspecified atom stereocenters. The quantitative estimate of drug-likeness (QED) is 0.601. The topological polar surface area (TPSA) is 12.0 Å². The van der Waals surface area contributed by atoms with E-state index in [9.17, 15) is 0 Å². The smallest absolute Gasteiger partial charge is 0.0187 e. The second kappa shape index (κ2) is 3.91. The van der Waals surface area contributed by atoms with Gasteiger partial charge in [0.1, 0.15) is 0 Å². The van der Waals surface area contributed by atoms with Crippen molar-refractivity contribution >= 4 is 0 Å². The molecule has 0 amide bonds. The van der Waals surface area contributed by atoms with Crippen molar-refractivity contribution in [1.29, 1.82) is 0 Å². The maximum absolute atomic E-state index is 3.79. The molecule has 1 heterocycles. The first-order valence-electron chi connectivity index (χ1n) is 4.63. The highest BCUT2D eigenvalue weighted by atomic mass is 15.0. The zero-order valence-electron chi connectivity index (χ0n) is 7.53. The van der Waals surface area contributed by atoms with Crippen LogP contribution in [-0.2, 0) is 0 Å². The molecule has 0 radical (unpaired) electrons. The lowest BCUT2D eigenvalue weighted by Crippen LogP contribution is -2.40. The van der Waals surface area contributed by atoms with Crippen LogP contribution < -0.4 is 5.32 Å². The fraction of sp³-hybridized carbons (Fsp3) is 0.800. The van der Waals surface area contributed by atoms with Crippen molar-refractivity contribution in [2.24, 2.45) is 0 Å². The summed E-state index contributed by atoms with van der Waals surface area (Å²) in [6, 6.07) is 0. The van der Waals surface area contributed by atoms with Crippen LogP contribution in [0.3, 0.4) is 0 Å². The molecule has 0 aromatic rings. The molecule has 0 spiro atoms. The Morgan fingerprint density at radius 1 is 1.45 bits per heavy atom. The Morgan fingerprint density at radius 3 is 3.00 bits per heavy atom. The van der Waals surface area contributed by atoms with E-state index in [0.29, 0.717) is 5.54 Å². The summed E-state index contributed by atoms with van der Waals surface area (Å²) in [5.74, 6) is 0. The van der Waals surface area contributed by atoms with E-state index in [1.54, 1.807) is 0 Å². The van der Waals surface area contributed by atoms with Crippen molar-refractivity contribution in [3.05, 3.63) is 12.7 Å². The molecule has 1 N–H and O–H groups in total. The molecule has 11 heavy (non-hydrogen) atoms. The predicted molar refractivity (Wildman–Crippen MR) is 49.7 cm³/mol. The molecular weight excluding hydrogens is 134 g/mol. The minimum absolute atomic E-state index is 0.345. The Kier molecular flexibility index (Phi) is 3.13. The third kappa shape index (κ3) is 2.66. The van der Waals surface area contributed by atoms with Gasteiger partial charge >= 0.3 is 0 Å². The zero-order valence-corrected chi connectivity index (χ0v) is 7.53. The average Bonchev–Trinajstić information content (AvgIpc) is 2.15. The number of hydrogen-bond acceptors (Lipinski definition) is 1. The summed E-state index contributed by atoms with van der Waals surface area (Å²) in [5, 5.41) is 3.59. The number of hydrogen-bond donors (Lipinski definition) is 1. The Labute approximate surface area is 69.9 Å². The first-order valence-corrected chi connectivity index (χ1v) is 4.63. The standard InChI is InChI=1S/C10H19N/c1-3-7-10(2)8-5-4-6-9-11-10/h3,11H,1,4-9H2,2H3/t10-/m1/s1. The summed E-state index contributed by atoms with van der Waals surface area (Å²) in [5.41, 5.74) is 0.345. The van der Waals surface area contributed by atoms with Crippen molar-refractivity contribution in [3.63, 3.8) is 0 Å². The number of nitrogens with one attached hydrogen (secondary N) is 1. The Balaban J connectivity index is 2.44. The van der Waals surface area contributed by atoms with E-state index < -0.39 is 0 Å². The molecule has 64 valence electrons. The van der Waals surface area contributed by atoms with Gasteiger partial charge < -0.3 is 5.32 Å². The fourth-order valence-electron chi connectivity index (χ4n) is 1.79. The van der Waals surface area contributed by atoms with Crippen molar-refractivity contribution in [1.82, 2.24) is 5.32 Å². The summed E-state index contributed by atoms with van der Waals surface area (Å²) < 4.78 is 0. The molecule has 0 aromatic heterocycles. The van der Waals surface area contributed by atoms with Crippen molar-refractivity contribution < 1.29 is 0 Å². The van der Waals surface area contributed by atoms with E-state index in [-0.39, 0.29) is 0 Å². The highest BCUT2D eigenvalue weighted by Crippen LogP contribution is 2.21. The van der Waals surface area contributed by atoms with Crippen LogP contribution in [0, 0.1) is 0 Å². The normalized spacial score (nSPS) is 32.8. The van der Waals surface area contributed by atoms with Crippen molar-refractivity contribution in [3.8, 4) is 0 Å². The molecule has 1 saturated heterocycles. The van der Waals surface area contributed by atoms with Crippen LogP contribution >= 0.6 is 0 Å². The van der Waals surface area contributed by atoms with Gasteiger partial charge in [-0.2, -0.15) is 0 Å². The van der Waals surface area contributed by atoms with Crippen molar-refractivity contribution in [2.75, 3.05) is 6.54 Å². The average molecular weight is 153 g/mol. The van der Waals surface area contributed by atoms with Gasteiger partial charge in [0.05, 0.1) is 0 Å². The lowest BCUT2D eigenvalue weighted by molar-refractivity contribution is 0.352. The molecule has 1 rings (SSSR count). The van der Waals surface area contributed by atoms with Crippen LogP contribution in [-0.4, -0.2) is 12.1 Å². The third-order valence-corrected chi connectivity index (χ3v) is 2.55. The van der Waals surface area contributed by atoms with Crippen LogP contribution in [0.5, 0.6) is 0 Å². The SMILES string of the molecule is C=CC[C@]1(C)CCCCCN1.